The Kier molecular flexibility index (Phi) is 9.57. The number of nitriles is 1. The van der Waals surface area contributed by atoms with Gasteiger partial charge in [-0.1, -0.05) is 30.3 Å². The highest BCUT2D eigenvalue weighted by atomic mass is 16.6. The molecule has 0 bridgehead atoms. The predicted octanol–water partition coefficient (Wildman–Crippen LogP) is 1.26. The molecule has 1 aliphatic rings. The SMILES string of the molecule is CC(=O)OC[C@@H]1[C@@H](OC(C)=O)[C@H](OC(C)=O)[C@@H](OC(C)=O)[C@@H](C#N)N1C(=O)OCc1ccccc1. The lowest BCUT2D eigenvalue weighted by Crippen LogP contribution is -2.70. The van der Waals surface area contributed by atoms with Crippen LogP contribution < -0.4 is 0 Å². The van der Waals surface area contributed by atoms with Crippen LogP contribution in [0.5, 0.6) is 0 Å². The molecule has 1 aromatic rings. The third-order valence-electron chi connectivity index (χ3n) is 4.91. The number of ether oxygens (including phenoxy) is 5. The van der Waals surface area contributed by atoms with Gasteiger partial charge in [0, 0.05) is 27.7 Å². The summed E-state index contributed by atoms with van der Waals surface area (Å²) in [5.41, 5.74) is 0.647. The first-order chi connectivity index (χ1) is 16.5. The summed E-state index contributed by atoms with van der Waals surface area (Å²) in [5.74, 6) is -3.21. The fourth-order valence-corrected chi connectivity index (χ4v) is 3.65. The van der Waals surface area contributed by atoms with Crippen molar-refractivity contribution in [2.45, 2.75) is 64.7 Å². The molecule has 0 saturated carbocycles. The number of benzene rings is 1. The zero-order valence-electron chi connectivity index (χ0n) is 19.7. The molecule has 1 amide bonds. The molecule has 188 valence electrons. The van der Waals surface area contributed by atoms with E-state index in [2.05, 4.69) is 0 Å². The van der Waals surface area contributed by atoms with Crippen molar-refractivity contribution in [3.8, 4) is 6.07 Å². The second kappa shape index (κ2) is 12.4. The molecule has 12 heteroatoms. The zero-order chi connectivity index (χ0) is 26.1. The molecule has 0 unspecified atom stereocenters. The third kappa shape index (κ3) is 7.43. The zero-order valence-corrected chi connectivity index (χ0v) is 19.7. The normalized spacial score (nSPS) is 23.3. The number of piperidine rings is 1. The van der Waals surface area contributed by atoms with E-state index in [4.69, 9.17) is 23.7 Å². The number of likely N-dealkylation sites (tertiary alicyclic amines) is 1. The molecule has 1 fully saturated rings. The summed E-state index contributed by atoms with van der Waals surface area (Å²) in [6.45, 7) is 3.62. The Balaban J connectivity index is 2.54. The van der Waals surface area contributed by atoms with Crippen LogP contribution in [0.2, 0.25) is 0 Å². The van der Waals surface area contributed by atoms with Crippen molar-refractivity contribution in [3.05, 3.63) is 35.9 Å². The van der Waals surface area contributed by atoms with Gasteiger partial charge in [-0.05, 0) is 5.56 Å². The van der Waals surface area contributed by atoms with E-state index in [0.717, 1.165) is 32.6 Å². The smallest absolute Gasteiger partial charge is 0.411 e. The molecule has 1 aliphatic heterocycles. The minimum atomic E-state index is -1.54. The quantitative estimate of drug-likeness (QED) is 0.400. The topological polar surface area (TPSA) is 159 Å². The number of carbonyl (C=O) groups is 5. The fourth-order valence-electron chi connectivity index (χ4n) is 3.65. The number of hydrogen-bond acceptors (Lipinski definition) is 11. The molecule has 0 radical (unpaired) electrons. The minimum absolute atomic E-state index is 0.168. The van der Waals surface area contributed by atoms with E-state index in [0.29, 0.717) is 5.56 Å². The van der Waals surface area contributed by atoms with Gasteiger partial charge in [0.25, 0.3) is 0 Å². The molecular weight excluding hydrogens is 464 g/mol. The Labute approximate surface area is 201 Å². The van der Waals surface area contributed by atoms with Gasteiger partial charge in [-0.15, -0.1) is 0 Å². The monoisotopic (exact) mass is 490 g/mol. The van der Waals surface area contributed by atoms with Gasteiger partial charge in [-0.3, -0.25) is 24.1 Å². The van der Waals surface area contributed by atoms with Gasteiger partial charge >= 0.3 is 30.0 Å². The van der Waals surface area contributed by atoms with Crippen molar-refractivity contribution in [1.82, 2.24) is 4.90 Å². The van der Waals surface area contributed by atoms with Crippen LogP contribution in [0.25, 0.3) is 0 Å². The lowest BCUT2D eigenvalue weighted by Gasteiger charge is -2.48. The summed E-state index contributed by atoms with van der Waals surface area (Å²) in [6.07, 6.45) is -5.52. The predicted molar refractivity (Wildman–Crippen MR) is 115 cm³/mol. The highest BCUT2D eigenvalue weighted by molar-refractivity contribution is 5.72. The molecular formula is C23H26N2O10. The molecule has 1 aromatic carbocycles. The van der Waals surface area contributed by atoms with Gasteiger partial charge in [-0.2, -0.15) is 5.26 Å². The summed E-state index contributed by atoms with van der Waals surface area (Å²) < 4.78 is 26.3. The first-order valence-electron chi connectivity index (χ1n) is 10.6. The van der Waals surface area contributed by atoms with Crippen LogP contribution in [-0.2, 0) is 49.5 Å². The Hall–Kier alpha value is -4.14. The number of hydrogen-bond donors (Lipinski definition) is 0. The Morgan fingerprint density at radius 2 is 1.34 bits per heavy atom. The fraction of sp³-hybridized carbons (Fsp3) is 0.478. The maximum absolute atomic E-state index is 13.2. The van der Waals surface area contributed by atoms with Gasteiger partial charge in [0.1, 0.15) is 19.3 Å². The van der Waals surface area contributed by atoms with E-state index in [9.17, 15) is 29.2 Å². The minimum Gasteiger partial charge on any atom is -0.464 e. The number of carbonyl (C=O) groups excluding carboxylic acids is 5. The van der Waals surface area contributed by atoms with Gasteiger partial charge in [0.05, 0.1) is 6.07 Å². The molecule has 2 rings (SSSR count). The van der Waals surface area contributed by atoms with Gasteiger partial charge in [0.2, 0.25) is 0 Å². The average molecular weight is 490 g/mol. The summed E-state index contributed by atoms with van der Waals surface area (Å²) in [6, 6.07) is 7.68. The average Bonchev–Trinajstić information content (AvgIpc) is 2.78. The molecule has 5 atom stereocenters. The van der Waals surface area contributed by atoms with Crippen molar-refractivity contribution in [3.63, 3.8) is 0 Å². The van der Waals surface area contributed by atoms with Crippen molar-refractivity contribution in [2.24, 2.45) is 0 Å². The van der Waals surface area contributed by atoms with Crippen molar-refractivity contribution in [1.29, 1.82) is 5.26 Å². The van der Waals surface area contributed by atoms with Crippen LogP contribution in [-0.4, -0.2) is 71.9 Å². The first-order valence-corrected chi connectivity index (χ1v) is 10.6. The summed E-state index contributed by atoms with van der Waals surface area (Å²) in [4.78, 5) is 61.2. The molecule has 35 heavy (non-hydrogen) atoms. The Morgan fingerprint density at radius 1 is 0.800 bits per heavy atom. The lowest BCUT2D eigenvalue weighted by atomic mass is 9.88. The van der Waals surface area contributed by atoms with Crippen molar-refractivity contribution < 1.29 is 47.7 Å². The lowest BCUT2D eigenvalue weighted by molar-refractivity contribution is -0.210. The van der Waals surface area contributed by atoms with Crippen LogP contribution in [0.15, 0.2) is 30.3 Å². The molecule has 12 nitrogen and oxygen atoms in total. The first kappa shape index (κ1) is 27.1. The van der Waals surface area contributed by atoms with Crippen molar-refractivity contribution >= 4 is 30.0 Å². The van der Waals surface area contributed by atoms with Gasteiger partial charge < -0.3 is 23.7 Å². The molecule has 1 saturated heterocycles. The molecule has 0 N–H and O–H groups in total. The number of rotatable bonds is 7. The van der Waals surface area contributed by atoms with E-state index >= 15 is 0 Å². The van der Waals surface area contributed by atoms with Gasteiger partial charge in [0.15, 0.2) is 24.4 Å². The Bertz CT molecular complexity index is 990. The molecule has 0 aromatic heterocycles. The van der Waals surface area contributed by atoms with Crippen LogP contribution in [0.1, 0.15) is 33.3 Å². The molecule has 0 aliphatic carbocycles. The summed E-state index contributed by atoms with van der Waals surface area (Å²) in [5, 5.41) is 9.95. The summed E-state index contributed by atoms with van der Waals surface area (Å²) >= 11 is 0. The molecule has 0 spiro atoms. The van der Waals surface area contributed by atoms with E-state index in [1.807, 2.05) is 6.07 Å². The maximum atomic E-state index is 13.2. The number of nitrogens with zero attached hydrogens (tertiary/aromatic N) is 2. The van der Waals surface area contributed by atoms with E-state index in [1.165, 1.54) is 0 Å². The standard InChI is InChI=1S/C23H26N2O10/c1-13(26)31-12-19-21(34-15(3)28)22(35-16(4)29)20(33-14(2)27)18(10-24)25(19)23(30)32-11-17-8-6-5-7-9-17/h5-9,18-22H,11-12H2,1-4H3/t18-,19-,20+,21-,22-/m1/s1. The second-order valence-corrected chi connectivity index (χ2v) is 7.61. The van der Waals surface area contributed by atoms with Crippen LogP contribution in [0.4, 0.5) is 4.79 Å². The number of amides is 1. The van der Waals surface area contributed by atoms with Crippen LogP contribution >= 0.6 is 0 Å². The third-order valence-corrected chi connectivity index (χ3v) is 4.91. The van der Waals surface area contributed by atoms with E-state index in [-0.39, 0.29) is 6.61 Å². The van der Waals surface area contributed by atoms with E-state index < -0.39 is 67.0 Å². The molecule has 1 heterocycles. The highest BCUT2D eigenvalue weighted by Gasteiger charge is 2.57. The summed E-state index contributed by atoms with van der Waals surface area (Å²) in [7, 11) is 0. The van der Waals surface area contributed by atoms with Crippen molar-refractivity contribution in [2.75, 3.05) is 6.61 Å². The highest BCUT2D eigenvalue weighted by Crippen LogP contribution is 2.32. The van der Waals surface area contributed by atoms with E-state index in [1.54, 1.807) is 30.3 Å². The second-order valence-electron chi connectivity index (χ2n) is 7.61. The largest absolute Gasteiger partial charge is 0.464 e. The Morgan fingerprint density at radius 3 is 1.86 bits per heavy atom. The van der Waals surface area contributed by atoms with Crippen LogP contribution in [0, 0.1) is 11.3 Å². The van der Waals surface area contributed by atoms with Crippen LogP contribution in [0.3, 0.4) is 0 Å². The number of esters is 4. The maximum Gasteiger partial charge on any atom is 0.411 e. The van der Waals surface area contributed by atoms with Gasteiger partial charge in [-0.25, -0.2) is 4.79 Å².